The molecule has 0 saturated carbocycles. The van der Waals surface area contributed by atoms with Gasteiger partial charge < -0.3 is 10.5 Å². The number of benzene rings is 1. The van der Waals surface area contributed by atoms with Crippen molar-refractivity contribution < 1.29 is 9.13 Å². The van der Waals surface area contributed by atoms with Crippen molar-refractivity contribution in [3.05, 3.63) is 42.0 Å². The molecule has 0 fully saturated rings. The predicted molar refractivity (Wildman–Crippen MR) is 67.0 cm³/mol. The SMILES string of the molecule is CC(N)Cc1cccc(F)c1Oc1cnn(C)c1. The van der Waals surface area contributed by atoms with Crippen LogP contribution in [-0.4, -0.2) is 15.8 Å². The minimum Gasteiger partial charge on any atom is -0.451 e. The van der Waals surface area contributed by atoms with Gasteiger partial charge in [0.2, 0.25) is 0 Å². The molecule has 1 unspecified atom stereocenters. The summed E-state index contributed by atoms with van der Waals surface area (Å²) in [5.74, 6) is 0.341. The third kappa shape index (κ3) is 2.87. The zero-order chi connectivity index (χ0) is 13.1. The number of ether oxygens (including phenoxy) is 1. The largest absolute Gasteiger partial charge is 0.451 e. The van der Waals surface area contributed by atoms with E-state index in [1.54, 1.807) is 30.2 Å². The van der Waals surface area contributed by atoms with Gasteiger partial charge in [0.1, 0.15) is 0 Å². The standard InChI is InChI=1S/C13H16FN3O/c1-9(15)6-10-4-3-5-12(14)13(10)18-11-7-16-17(2)8-11/h3-5,7-9H,6,15H2,1-2H3. The molecule has 18 heavy (non-hydrogen) atoms. The molecule has 1 heterocycles. The molecule has 5 heteroatoms. The van der Waals surface area contributed by atoms with Gasteiger partial charge in [-0.05, 0) is 25.0 Å². The van der Waals surface area contributed by atoms with Gasteiger partial charge in [-0.3, -0.25) is 4.68 Å². The number of nitrogens with zero attached hydrogens (tertiary/aromatic N) is 2. The molecule has 0 amide bonds. The molecular formula is C13H16FN3O. The van der Waals surface area contributed by atoms with Crippen molar-refractivity contribution >= 4 is 0 Å². The Morgan fingerprint density at radius 3 is 2.89 bits per heavy atom. The lowest BCUT2D eigenvalue weighted by Crippen LogP contribution is -2.18. The lowest BCUT2D eigenvalue weighted by atomic mass is 10.1. The zero-order valence-corrected chi connectivity index (χ0v) is 10.4. The van der Waals surface area contributed by atoms with Crippen molar-refractivity contribution in [2.45, 2.75) is 19.4 Å². The van der Waals surface area contributed by atoms with Gasteiger partial charge in [0.15, 0.2) is 17.3 Å². The van der Waals surface area contributed by atoms with Crippen molar-refractivity contribution in [1.29, 1.82) is 0 Å². The van der Waals surface area contributed by atoms with Gasteiger partial charge in [-0.15, -0.1) is 0 Å². The number of para-hydroxylation sites is 1. The average molecular weight is 249 g/mol. The maximum atomic E-state index is 13.8. The fourth-order valence-corrected chi connectivity index (χ4v) is 1.74. The molecule has 0 radical (unpaired) electrons. The number of hydrogen-bond donors (Lipinski definition) is 1. The van der Waals surface area contributed by atoms with Crippen LogP contribution in [0, 0.1) is 5.82 Å². The Kier molecular flexibility index (Phi) is 3.62. The second-order valence-corrected chi connectivity index (χ2v) is 4.36. The summed E-state index contributed by atoms with van der Waals surface area (Å²) in [6.07, 6.45) is 3.79. The molecule has 0 bridgehead atoms. The van der Waals surface area contributed by atoms with E-state index in [-0.39, 0.29) is 11.8 Å². The molecule has 0 aliphatic rings. The Labute approximate surface area is 105 Å². The molecule has 2 aromatic rings. The number of nitrogens with two attached hydrogens (primary N) is 1. The summed E-state index contributed by atoms with van der Waals surface area (Å²) in [5.41, 5.74) is 6.50. The number of hydrogen-bond acceptors (Lipinski definition) is 3. The summed E-state index contributed by atoms with van der Waals surface area (Å²) in [4.78, 5) is 0. The number of aryl methyl sites for hydroxylation is 1. The molecule has 1 atom stereocenters. The second-order valence-electron chi connectivity index (χ2n) is 4.36. The highest BCUT2D eigenvalue weighted by Crippen LogP contribution is 2.28. The molecule has 0 spiro atoms. The van der Waals surface area contributed by atoms with Crippen molar-refractivity contribution in [3.8, 4) is 11.5 Å². The van der Waals surface area contributed by atoms with Gasteiger partial charge in [-0.2, -0.15) is 5.10 Å². The lowest BCUT2D eigenvalue weighted by molar-refractivity contribution is 0.434. The van der Waals surface area contributed by atoms with Crippen LogP contribution in [0.4, 0.5) is 4.39 Å². The van der Waals surface area contributed by atoms with Gasteiger partial charge in [0.25, 0.3) is 0 Å². The van der Waals surface area contributed by atoms with E-state index in [2.05, 4.69) is 5.10 Å². The molecule has 4 nitrogen and oxygen atoms in total. The van der Waals surface area contributed by atoms with E-state index in [0.29, 0.717) is 12.2 Å². The summed E-state index contributed by atoms with van der Waals surface area (Å²) in [6.45, 7) is 1.87. The van der Waals surface area contributed by atoms with E-state index in [0.717, 1.165) is 5.56 Å². The van der Waals surface area contributed by atoms with Crippen LogP contribution in [0.1, 0.15) is 12.5 Å². The van der Waals surface area contributed by atoms with Gasteiger partial charge >= 0.3 is 0 Å². The Morgan fingerprint density at radius 1 is 1.50 bits per heavy atom. The molecule has 0 aliphatic heterocycles. The number of rotatable bonds is 4. The maximum absolute atomic E-state index is 13.8. The molecule has 0 aliphatic carbocycles. The third-order valence-corrected chi connectivity index (χ3v) is 2.49. The molecule has 2 N–H and O–H groups in total. The van der Waals surface area contributed by atoms with Crippen molar-refractivity contribution in [2.24, 2.45) is 12.8 Å². The smallest absolute Gasteiger partial charge is 0.166 e. The van der Waals surface area contributed by atoms with E-state index < -0.39 is 5.82 Å². The Balaban J connectivity index is 2.30. The average Bonchev–Trinajstić information content (AvgIpc) is 2.68. The van der Waals surface area contributed by atoms with Crippen molar-refractivity contribution in [1.82, 2.24) is 9.78 Å². The van der Waals surface area contributed by atoms with Crippen LogP contribution in [-0.2, 0) is 13.5 Å². The minimum atomic E-state index is -0.392. The monoisotopic (exact) mass is 249 g/mol. The topological polar surface area (TPSA) is 53.1 Å². The van der Waals surface area contributed by atoms with Crippen LogP contribution in [0.5, 0.6) is 11.5 Å². The predicted octanol–water partition coefficient (Wildman–Crippen LogP) is 2.24. The summed E-state index contributed by atoms with van der Waals surface area (Å²) >= 11 is 0. The van der Waals surface area contributed by atoms with E-state index in [9.17, 15) is 4.39 Å². The van der Waals surface area contributed by atoms with Crippen LogP contribution >= 0.6 is 0 Å². The summed E-state index contributed by atoms with van der Waals surface area (Å²) in [6, 6.07) is 4.79. The highest BCUT2D eigenvalue weighted by atomic mass is 19.1. The van der Waals surface area contributed by atoms with Crippen LogP contribution in [0.2, 0.25) is 0 Å². The van der Waals surface area contributed by atoms with E-state index >= 15 is 0 Å². The van der Waals surface area contributed by atoms with Gasteiger partial charge in [0.05, 0.1) is 12.4 Å². The summed E-state index contributed by atoms with van der Waals surface area (Å²) < 4.78 is 20.9. The summed E-state index contributed by atoms with van der Waals surface area (Å²) in [5, 5.41) is 3.98. The third-order valence-electron chi connectivity index (χ3n) is 2.49. The van der Waals surface area contributed by atoms with Crippen LogP contribution in [0.3, 0.4) is 0 Å². The number of aromatic nitrogens is 2. The zero-order valence-electron chi connectivity index (χ0n) is 10.4. The molecule has 96 valence electrons. The van der Waals surface area contributed by atoms with Gasteiger partial charge in [-0.25, -0.2) is 4.39 Å². The summed E-state index contributed by atoms with van der Waals surface area (Å²) in [7, 11) is 1.77. The fraction of sp³-hybridized carbons (Fsp3) is 0.308. The highest BCUT2D eigenvalue weighted by molar-refractivity contribution is 5.38. The minimum absolute atomic E-state index is 0.0527. The molecular weight excluding hydrogens is 233 g/mol. The quantitative estimate of drug-likeness (QED) is 0.904. The fourth-order valence-electron chi connectivity index (χ4n) is 1.74. The molecule has 2 rings (SSSR count). The molecule has 0 saturated heterocycles. The maximum Gasteiger partial charge on any atom is 0.166 e. The van der Waals surface area contributed by atoms with Crippen LogP contribution in [0.25, 0.3) is 0 Å². The van der Waals surface area contributed by atoms with E-state index in [1.807, 2.05) is 13.0 Å². The van der Waals surface area contributed by atoms with Crippen molar-refractivity contribution in [2.75, 3.05) is 0 Å². The first-order chi connectivity index (χ1) is 8.56. The Morgan fingerprint density at radius 2 is 2.28 bits per heavy atom. The lowest BCUT2D eigenvalue weighted by Gasteiger charge is -2.12. The van der Waals surface area contributed by atoms with Crippen LogP contribution in [0.15, 0.2) is 30.6 Å². The van der Waals surface area contributed by atoms with Gasteiger partial charge in [-0.1, -0.05) is 12.1 Å². The van der Waals surface area contributed by atoms with Gasteiger partial charge in [0, 0.05) is 13.1 Å². The Bertz CT molecular complexity index is 537. The Hall–Kier alpha value is -1.88. The first-order valence-corrected chi connectivity index (χ1v) is 5.75. The number of halogens is 1. The van der Waals surface area contributed by atoms with E-state index in [4.69, 9.17) is 10.5 Å². The first-order valence-electron chi connectivity index (χ1n) is 5.75. The highest BCUT2D eigenvalue weighted by Gasteiger charge is 2.13. The van der Waals surface area contributed by atoms with E-state index in [1.165, 1.54) is 6.07 Å². The molecule has 1 aromatic carbocycles. The van der Waals surface area contributed by atoms with Crippen LogP contribution < -0.4 is 10.5 Å². The first kappa shape index (κ1) is 12.6. The second kappa shape index (κ2) is 5.18. The van der Waals surface area contributed by atoms with Crippen molar-refractivity contribution in [3.63, 3.8) is 0 Å². The molecule has 1 aromatic heterocycles. The normalized spacial score (nSPS) is 12.4.